The molecule has 0 atom stereocenters. The summed E-state index contributed by atoms with van der Waals surface area (Å²) in [4.78, 5) is 13.4. The third kappa shape index (κ3) is 4.15. The Morgan fingerprint density at radius 2 is 1.69 bits per heavy atom. The molecule has 1 aliphatic heterocycles. The van der Waals surface area contributed by atoms with Crippen molar-refractivity contribution in [3.05, 3.63) is 64.1 Å². The fourth-order valence-corrected chi connectivity index (χ4v) is 5.32. The highest BCUT2D eigenvalue weighted by atomic mass is 79.9. The third-order valence-electron chi connectivity index (χ3n) is 4.38. The summed E-state index contributed by atoms with van der Waals surface area (Å²) < 4.78 is 27.7. The lowest BCUT2D eigenvalue weighted by molar-refractivity contribution is 0.0696. The van der Waals surface area contributed by atoms with Crippen LogP contribution in [0.1, 0.15) is 15.9 Å². The molecule has 1 fully saturated rings. The van der Waals surface area contributed by atoms with Gasteiger partial charge in [0.1, 0.15) is 0 Å². The van der Waals surface area contributed by atoms with Gasteiger partial charge < -0.3 is 5.11 Å². The van der Waals surface area contributed by atoms with Gasteiger partial charge in [-0.05, 0) is 39.7 Å². The lowest BCUT2D eigenvalue weighted by Gasteiger charge is -2.34. The molecule has 1 heterocycles. The van der Waals surface area contributed by atoms with Crippen LogP contribution in [0.3, 0.4) is 0 Å². The van der Waals surface area contributed by atoms with Crippen LogP contribution < -0.4 is 0 Å². The Balaban J connectivity index is 1.72. The van der Waals surface area contributed by atoms with E-state index in [1.165, 1.54) is 28.1 Å². The first-order valence-electron chi connectivity index (χ1n) is 8.17. The van der Waals surface area contributed by atoms with E-state index in [1.807, 2.05) is 18.2 Å². The van der Waals surface area contributed by atoms with E-state index in [0.29, 0.717) is 30.7 Å². The molecule has 0 aliphatic carbocycles. The number of benzene rings is 2. The summed E-state index contributed by atoms with van der Waals surface area (Å²) in [7, 11) is -3.75. The van der Waals surface area contributed by atoms with E-state index in [2.05, 4.69) is 33.0 Å². The number of hydrogen-bond donors (Lipinski definition) is 1. The number of halogens is 1. The number of carboxylic acids is 1. The quantitative estimate of drug-likeness (QED) is 0.775. The number of hydrogen-bond acceptors (Lipinski definition) is 4. The highest BCUT2D eigenvalue weighted by molar-refractivity contribution is 9.10. The van der Waals surface area contributed by atoms with E-state index in [-0.39, 0.29) is 10.5 Å². The minimum atomic E-state index is -3.75. The third-order valence-corrected chi connectivity index (χ3v) is 7.27. The molecule has 0 radical (unpaired) electrons. The van der Waals surface area contributed by atoms with Crippen molar-refractivity contribution < 1.29 is 18.3 Å². The monoisotopic (exact) mass is 438 g/mol. The van der Waals surface area contributed by atoms with Gasteiger partial charge in [0.15, 0.2) is 0 Å². The molecule has 1 aliphatic rings. The van der Waals surface area contributed by atoms with Crippen molar-refractivity contribution in [3.63, 3.8) is 0 Å². The second-order valence-electron chi connectivity index (χ2n) is 6.12. The largest absolute Gasteiger partial charge is 0.478 e. The summed E-state index contributed by atoms with van der Waals surface area (Å²) in [5.74, 6) is -1.15. The summed E-state index contributed by atoms with van der Waals surface area (Å²) in [5.41, 5.74) is 1.15. The van der Waals surface area contributed by atoms with Crippen LogP contribution in [0.25, 0.3) is 0 Å². The first-order valence-corrected chi connectivity index (χ1v) is 10.4. The maximum atomic E-state index is 12.9. The first-order chi connectivity index (χ1) is 12.4. The lowest BCUT2D eigenvalue weighted by Crippen LogP contribution is -2.48. The molecule has 1 N–H and O–H groups in total. The highest BCUT2D eigenvalue weighted by Crippen LogP contribution is 2.27. The highest BCUT2D eigenvalue weighted by Gasteiger charge is 2.30. The number of carboxylic acid groups (broad SMARTS) is 1. The van der Waals surface area contributed by atoms with Crippen LogP contribution in [0.4, 0.5) is 0 Å². The number of aromatic carboxylic acids is 1. The molecule has 0 saturated carbocycles. The predicted octanol–water partition coefficient (Wildman–Crippen LogP) is 2.65. The molecular weight excluding hydrogens is 420 g/mol. The average Bonchev–Trinajstić information content (AvgIpc) is 2.63. The molecule has 2 aromatic rings. The van der Waals surface area contributed by atoms with Gasteiger partial charge in [0, 0.05) is 37.2 Å². The standard InChI is InChI=1S/C18H19BrN2O4S/c19-16-7-6-15(18(22)23)12-17(16)26(24,25)21-10-8-20(9-11-21)13-14-4-2-1-3-5-14/h1-7,12H,8-11,13H2,(H,22,23). The maximum Gasteiger partial charge on any atom is 0.335 e. The van der Waals surface area contributed by atoms with Crippen LogP contribution in [-0.4, -0.2) is 54.9 Å². The number of piperazine rings is 1. The van der Waals surface area contributed by atoms with Crippen LogP contribution in [-0.2, 0) is 16.6 Å². The Hall–Kier alpha value is -1.74. The number of nitrogens with zero attached hydrogens (tertiary/aromatic N) is 2. The van der Waals surface area contributed by atoms with E-state index >= 15 is 0 Å². The van der Waals surface area contributed by atoms with Crippen LogP contribution in [0, 0.1) is 0 Å². The van der Waals surface area contributed by atoms with Gasteiger partial charge in [-0.25, -0.2) is 13.2 Å². The normalized spacial score (nSPS) is 16.5. The molecule has 0 amide bonds. The molecule has 6 nitrogen and oxygen atoms in total. The summed E-state index contributed by atoms with van der Waals surface area (Å²) in [6, 6.07) is 14.1. The second-order valence-corrected chi connectivity index (χ2v) is 8.88. The zero-order valence-electron chi connectivity index (χ0n) is 14.0. The van der Waals surface area contributed by atoms with Crippen LogP contribution in [0.15, 0.2) is 57.9 Å². The SMILES string of the molecule is O=C(O)c1ccc(Br)c(S(=O)(=O)N2CCN(Cc3ccccc3)CC2)c1. The van der Waals surface area contributed by atoms with Crippen molar-refractivity contribution >= 4 is 31.9 Å². The minimum Gasteiger partial charge on any atom is -0.478 e. The molecule has 138 valence electrons. The Bertz CT molecular complexity index is 895. The number of rotatable bonds is 5. The topological polar surface area (TPSA) is 77.9 Å². The minimum absolute atomic E-state index is 0.00564. The second kappa shape index (κ2) is 7.87. The molecule has 1 saturated heterocycles. The molecule has 3 rings (SSSR count). The molecule has 26 heavy (non-hydrogen) atoms. The lowest BCUT2D eigenvalue weighted by atomic mass is 10.2. The summed E-state index contributed by atoms with van der Waals surface area (Å²) in [5, 5.41) is 9.12. The van der Waals surface area contributed by atoms with E-state index in [4.69, 9.17) is 5.11 Å². The fraction of sp³-hybridized carbons (Fsp3) is 0.278. The predicted molar refractivity (Wildman–Crippen MR) is 102 cm³/mol. The Kier molecular flexibility index (Phi) is 5.76. The van der Waals surface area contributed by atoms with Crippen molar-refractivity contribution in [1.29, 1.82) is 0 Å². The van der Waals surface area contributed by atoms with Crippen LogP contribution >= 0.6 is 15.9 Å². The molecule has 0 spiro atoms. The number of sulfonamides is 1. The van der Waals surface area contributed by atoms with Crippen LogP contribution in [0.2, 0.25) is 0 Å². The average molecular weight is 439 g/mol. The molecule has 0 aromatic heterocycles. The Morgan fingerprint density at radius 1 is 1.04 bits per heavy atom. The molecular formula is C18H19BrN2O4S. The Labute approximate surface area is 161 Å². The summed E-state index contributed by atoms with van der Waals surface area (Å²) in [6.07, 6.45) is 0. The van der Waals surface area contributed by atoms with Gasteiger partial charge in [-0.3, -0.25) is 4.90 Å². The molecule has 8 heteroatoms. The van der Waals surface area contributed by atoms with Gasteiger partial charge in [-0.15, -0.1) is 0 Å². The van der Waals surface area contributed by atoms with Gasteiger partial charge in [0.2, 0.25) is 10.0 Å². The van der Waals surface area contributed by atoms with Gasteiger partial charge >= 0.3 is 5.97 Å². The fourth-order valence-electron chi connectivity index (χ4n) is 2.94. The van der Waals surface area contributed by atoms with Crippen molar-refractivity contribution in [3.8, 4) is 0 Å². The first kappa shape index (κ1) is 19.0. The molecule has 2 aromatic carbocycles. The Morgan fingerprint density at radius 3 is 2.31 bits per heavy atom. The molecule has 0 bridgehead atoms. The van der Waals surface area contributed by atoms with Crippen molar-refractivity contribution in [2.75, 3.05) is 26.2 Å². The zero-order valence-corrected chi connectivity index (χ0v) is 16.4. The smallest absolute Gasteiger partial charge is 0.335 e. The zero-order chi connectivity index (χ0) is 18.7. The number of carbonyl (C=O) groups is 1. The van der Waals surface area contributed by atoms with Crippen molar-refractivity contribution in [2.45, 2.75) is 11.4 Å². The van der Waals surface area contributed by atoms with Gasteiger partial charge in [-0.2, -0.15) is 4.31 Å². The van der Waals surface area contributed by atoms with Crippen molar-refractivity contribution in [1.82, 2.24) is 9.21 Å². The summed E-state index contributed by atoms with van der Waals surface area (Å²) in [6.45, 7) is 2.79. The summed E-state index contributed by atoms with van der Waals surface area (Å²) >= 11 is 3.23. The van der Waals surface area contributed by atoms with E-state index in [9.17, 15) is 13.2 Å². The van der Waals surface area contributed by atoms with Crippen LogP contribution in [0.5, 0.6) is 0 Å². The maximum absolute atomic E-state index is 12.9. The van der Waals surface area contributed by atoms with Crippen molar-refractivity contribution in [2.24, 2.45) is 0 Å². The van der Waals surface area contributed by atoms with E-state index in [0.717, 1.165) is 6.54 Å². The van der Waals surface area contributed by atoms with Gasteiger partial charge in [-0.1, -0.05) is 30.3 Å². The van der Waals surface area contributed by atoms with Gasteiger partial charge in [0.25, 0.3) is 0 Å². The van der Waals surface area contributed by atoms with Gasteiger partial charge in [0.05, 0.1) is 10.5 Å². The van der Waals surface area contributed by atoms with E-state index < -0.39 is 16.0 Å². The van der Waals surface area contributed by atoms with E-state index in [1.54, 1.807) is 0 Å². The molecule has 0 unspecified atom stereocenters.